The summed E-state index contributed by atoms with van der Waals surface area (Å²) in [5.41, 5.74) is 2.07. The van der Waals surface area contributed by atoms with Crippen molar-refractivity contribution in [3.63, 3.8) is 0 Å². The van der Waals surface area contributed by atoms with Gasteiger partial charge in [0.1, 0.15) is 12.3 Å². The molecule has 0 saturated carbocycles. The summed E-state index contributed by atoms with van der Waals surface area (Å²) in [5.74, 6) is 1.00. The zero-order chi connectivity index (χ0) is 18.8. The van der Waals surface area contributed by atoms with Crippen molar-refractivity contribution in [2.75, 3.05) is 38.2 Å². The molecule has 5 nitrogen and oxygen atoms in total. The maximum Gasteiger partial charge on any atom is 0.242 e. The average molecular weight is 384 g/mol. The van der Waals surface area contributed by atoms with E-state index in [-0.39, 0.29) is 5.91 Å². The fourth-order valence-electron chi connectivity index (χ4n) is 3.63. The summed E-state index contributed by atoms with van der Waals surface area (Å²) in [7, 11) is 1.69. The smallest absolute Gasteiger partial charge is 0.242 e. The van der Waals surface area contributed by atoms with Gasteiger partial charge in [-0.3, -0.25) is 4.79 Å². The molecule has 4 rings (SSSR count). The van der Waals surface area contributed by atoms with Crippen LogP contribution in [0, 0.1) is 0 Å². The maximum atomic E-state index is 12.8. The van der Waals surface area contributed by atoms with Gasteiger partial charge in [-0.1, -0.05) is 29.8 Å². The molecule has 1 fully saturated rings. The molecule has 140 valence electrons. The van der Waals surface area contributed by atoms with Gasteiger partial charge in [0.15, 0.2) is 0 Å². The largest absolute Gasteiger partial charge is 0.495 e. The molecule has 0 unspecified atom stereocenters. The molecule has 1 aliphatic rings. The lowest BCUT2D eigenvalue weighted by molar-refractivity contribution is -0.132. The third-order valence-electron chi connectivity index (χ3n) is 5.10. The van der Waals surface area contributed by atoms with Crippen LogP contribution in [0.4, 0.5) is 5.69 Å². The zero-order valence-electron chi connectivity index (χ0n) is 15.3. The monoisotopic (exact) mass is 383 g/mol. The van der Waals surface area contributed by atoms with Crippen LogP contribution < -0.4 is 9.64 Å². The van der Waals surface area contributed by atoms with Gasteiger partial charge in [-0.2, -0.15) is 0 Å². The maximum absolute atomic E-state index is 12.8. The number of nitrogens with zero attached hydrogens (tertiary/aromatic N) is 3. The number of piperazine rings is 1. The van der Waals surface area contributed by atoms with Crippen molar-refractivity contribution in [2.45, 2.75) is 6.54 Å². The molecule has 6 heteroatoms. The number of hydrogen-bond donors (Lipinski definition) is 0. The van der Waals surface area contributed by atoms with Crippen molar-refractivity contribution < 1.29 is 9.53 Å². The highest BCUT2D eigenvalue weighted by Gasteiger charge is 2.23. The van der Waals surface area contributed by atoms with Gasteiger partial charge in [0.05, 0.1) is 12.8 Å². The van der Waals surface area contributed by atoms with Crippen LogP contribution in [-0.4, -0.2) is 48.7 Å². The number of rotatable bonds is 4. The summed E-state index contributed by atoms with van der Waals surface area (Å²) in [5, 5.41) is 1.77. The van der Waals surface area contributed by atoms with E-state index in [0.29, 0.717) is 24.7 Å². The fraction of sp³-hybridized carbons (Fsp3) is 0.286. The fourth-order valence-corrected chi connectivity index (χ4v) is 3.79. The van der Waals surface area contributed by atoms with Gasteiger partial charge >= 0.3 is 0 Å². The lowest BCUT2D eigenvalue weighted by Crippen LogP contribution is -2.49. The van der Waals surface area contributed by atoms with Gasteiger partial charge in [-0.15, -0.1) is 0 Å². The molecule has 0 N–H and O–H groups in total. The highest BCUT2D eigenvalue weighted by atomic mass is 35.5. The first-order valence-electron chi connectivity index (χ1n) is 9.06. The number of fused-ring (bicyclic) bond motifs is 1. The van der Waals surface area contributed by atoms with E-state index < -0.39 is 0 Å². The molecule has 0 aliphatic carbocycles. The molecular formula is C21H22ClN3O2. The second-order valence-corrected chi connectivity index (χ2v) is 7.12. The van der Waals surface area contributed by atoms with Crippen molar-refractivity contribution in [1.29, 1.82) is 0 Å². The summed E-state index contributed by atoms with van der Waals surface area (Å²) in [6, 6.07) is 15.8. The molecule has 1 aromatic heterocycles. The number of benzene rings is 2. The Hall–Kier alpha value is -2.66. The minimum absolute atomic E-state index is 0.132. The van der Waals surface area contributed by atoms with Crippen molar-refractivity contribution in [1.82, 2.24) is 9.47 Å². The number of ether oxygens (including phenoxy) is 1. The molecule has 0 atom stereocenters. The lowest BCUT2D eigenvalue weighted by atomic mass is 10.2. The molecule has 1 amide bonds. The second kappa shape index (κ2) is 7.53. The van der Waals surface area contributed by atoms with Crippen LogP contribution in [0.5, 0.6) is 5.75 Å². The third-order valence-corrected chi connectivity index (χ3v) is 5.33. The Bertz CT molecular complexity index is 961. The number of anilines is 1. The van der Waals surface area contributed by atoms with Crippen LogP contribution in [0.3, 0.4) is 0 Å². The zero-order valence-corrected chi connectivity index (χ0v) is 16.0. The topological polar surface area (TPSA) is 37.7 Å². The van der Waals surface area contributed by atoms with Crippen LogP contribution >= 0.6 is 11.6 Å². The summed E-state index contributed by atoms with van der Waals surface area (Å²) in [6.45, 7) is 3.33. The van der Waals surface area contributed by atoms with E-state index in [4.69, 9.17) is 16.3 Å². The number of para-hydroxylation sites is 2. The number of hydrogen-bond acceptors (Lipinski definition) is 3. The summed E-state index contributed by atoms with van der Waals surface area (Å²) < 4.78 is 7.43. The summed E-state index contributed by atoms with van der Waals surface area (Å²) in [6.07, 6.45) is 1.95. The van der Waals surface area contributed by atoms with Crippen LogP contribution in [0.2, 0.25) is 5.02 Å². The number of halogens is 1. The van der Waals surface area contributed by atoms with Crippen molar-refractivity contribution in [3.05, 3.63) is 59.8 Å². The highest BCUT2D eigenvalue weighted by Crippen LogP contribution is 2.28. The molecule has 1 saturated heterocycles. The Balaban J connectivity index is 1.42. The Labute approximate surface area is 163 Å². The van der Waals surface area contributed by atoms with Gasteiger partial charge in [0.25, 0.3) is 0 Å². The van der Waals surface area contributed by atoms with Gasteiger partial charge in [-0.05, 0) is 35.7 Å². The third kappa shape index (κ3) is 3.60. The number of carbonyl (C=O) groups excluding carboxylic acids is 1. The lowest BCUT2D eigenvalue weighted by Gasteiger charge is -2.36. The average Bonchev–Trinajstić information content (AvgIpc) is 3.10. The van der Waals surface area contributed by atoms with Gasteiger partial charge < -0.3 is 19.1 Å². The molecule has 0 spiro atoms. The van der Waals surface area contributed by atoms with E-state index in [1.807, 2.05) is 58.1 Å². The second-order valence-electron chi connectivity index (χ2n) is 6.69. The Morgan fingerprint density at radius 2 is 1.85 bits per heavy atom. The molecule has 0 bridgehead atoms. The van der Waals surface area contributed by atoms with E-state index in [1.54, 1.807) is 7.11 Å². The highest BCUT2D eigenvalue weighted by molar-refractivity contribution is 6.31. The Morgan fingerprint density at radius 3 is 2.63 bits per heavy atom. The molecule has 2 heterocycles. The summed E-state index contributed by atoms with van der Waals surface area (Å²) >= 11 is 6.11. The first kappa shape index (κ1) is 17.7. The predicted octanol–water partition coefficient (Wildman–Crippen LogP) is 3.65. The van der Waals surface area contributed by atoms with E-state index in [1.165, 1.54) is 0 Å². The first-order chi connectivity index (χ1) is 13.2. The van der Waals surface area contributed by atoms with E-state index in [2.05, 4.69) is 11.0 Å². The van der Waals surface area contributed by atoms with E-state index in [9.17, 15) is 4.79 Å². The minimum atomic E-state index is 0.132. The van der Waals surface area contributed by atoms with E-state index in [0.717, 1.165) is 35.4 Å². The van der Waals surface area contributed by atoms with Crippen molar-refractivity contribution in [3.8, 4) is 5.75 Å². The molecule has 2 aromatic carbocycles. The van der Waals surface area contributed by atoms with Gasteiger partial charge in [0, 0.05) is 42.9 Å². The van der Waals surface area contributed by atoms with Crippen LogP contribution in [-0.2, 0) is 11.3 Å². The van der Waals surface area contributed by atoms with Crippen molar-refractivity contribution >= 4 is 34.1 Å². The Kier molecular flexibility index (Phi) is 4.94. The summed E-state index contributed by atoms with van der Waals surface area (Å²) in [4.78, 5) is 17.0. The quantitative estimate of drug-likeness (QED) is 0.690. The predicted molar refractivity (Wildman–Crippen MR) is 109 cm³/mol. The molecule has 1 aliphatic heterocycles. The van der Waals surface area contributed by atoms with Crippen LogP contribution in [0.25, 0.3) is 10.9 Å². The van der Waals surface area contributed by atoms with E-state index >= 15 is 0 Å². The normalized spacial score (nSPS) is 14.6. The number of carbonyl (C=O) groups is 1. The number of amides is 1. The Morgan fingerprint density at radius 1 is 1.07 bits per heavy atom. The molecule has 3 aromatic rings. The minimum Gasteiger partial charge on any atom is -0.495 e. The molecular weight excluding hydrogens is 362 g/mol. The van der Waals surface area contributed by atoms with Crippen LogP contribution in [0.1, 0.15) is 0 Å². The number of aromatic nitrogens is 1. The van der Waals surface area contributed by atoms with Crippen LogP contribution in [0.15, 0.2) is 54.7 Å². The standard InChI is InChI=1S/C21H22ClN3O2/c1-27-20-5-3-2-4-18(20)23-10-12-24(13-11-23)21(26)15-25-9-8-16-6-7-17(22)14-19(16)25/h2-9,14H,10-13,15H2,1H3. The number of methoxy groups -OCH3 is 1. The van der Waals surface area contributed by atoms with Gasteiger partial charge in [0.2, 0.25) is 5.91 Å². The SMILES string of the molecule is COc1ccccc1N1CCN(C(=O)Cn2ccc3ccc(Cl)cc32)CC1. The first-order valence-corrected chi connectivity index (χ1v) is 9.43. The molecule has 0 radical (unpaired) electrons. The van der Waals surface area contributed by atoms with Crippen molar-refractivity contribution in [2.24, 2.45) is 0 Å². The molecule has 27 heavy (non-hydrogen) atoms. The van der Waals surface area contributed by atoms with Gasteiger partial charge in [-0.25, -0.2) is 0 Å².